The second-order valence-corrected chi connectivity index (χ2v) is 9.98. The van der Waals surface area contributed by atoms with E-state index in [0.717, 1.165) is 44.9 Å². The summed E-state index contributed by atoms with van der Waals surface area (Å²) in [5.74, 6) is -0.325. The lowest BCUT2D eigenvalue weighted by atomic mass is 10.0. The Morgan fingerprint density at radius 2 is 1.00 bits per heavy atom. The molecule has 4 aromatic rings. The summed E-state index contributed by atoms with van der Waals surface area (Å²) in [5, 5.41) is 21.1. The number of aliphatic hydroxyl groups excluding tert-OH is 2. The first-order chi connectivity index (χ1) is 21.9. The molecular formula is C35H49ClN6O4. The van der Waals surface area contributed by atoms with E-state index in [1.165, 1.54) is 0 Å². The van der Waals surface area contributed by atoms with Gasteiger partial charge < -0.3 is 43.8 Å². The maximum absolute atomic E-state index is 10.9. The van der Waals surface area contributed by atoms with Crippen LogP contribution in [0.3, 0.4) is 0 Å². The van der Waals surface area contributed by atoms with Gasteiger partial charge in [0.05, 0.1) is 23.8 Å². The smallest absolute Gasteiger partial charge is 0.238 e. The molecule has 250 valence electrons. The molecule has 0 atom stereocenters. The van der Waals surface area contributed by atoms with Crippen LogP contribution in [-0.4, -0.2) is 48.3 Å². The van der Waals surface area contributed by atoms with Crippen molar-refractivity contribution in [1.29, 1.82) is 0 Å². The molecule has 0 aliphatic heterocycles. The average molecular weight is 653 g/mol. The van der Waals surface area contributed by atoms with Gasteiger partial charge in [-0.2, -0.15) is 0 Å². The molecule has 0 spiro atoms. The van der Waals surface area contributed by atoms with Crippen molar-refractivity contribution in [2.45, 2.75) is 34.6 Å². The number of nitrogens with two attached hydrogens (primary N) is 4. The van der Waals surface area contributed by atoms with Gasteiger partial charge in [0.15, 0.2) is 0 Å². The van der Waals surface area contributed by atoms with Crippen LogP contribution in [0.25, 0.3) is 11.1 Å². The van der Waals surface area contributed by atoms with E-state index in [9.17, 15) is 9.59 Å². The number of aryl methyl sites for hydroxylation is 3. The third kappa shape index (κ3) is 16.6. The molecule has 46 heavy (non-hydrogen) atoms. The Balaban J connectivity index is 0.000000615. The number of hydrogen-bond donors (Lipinski definition) is 8. The molecular weight excluding hydrogens is 604 g/mol. The lowest BCUT2D eigenvalue weighted by molar-refractivity contribution is -0.115. The number of carbonyl (C=O) groups is 2. The molecule has 0 saturated heterocycles. The standard InChI is InChI=1S/C13H13ClN2.2C9H12N2O.2C2H6O/c1-8-6-9(2-4-12(8)15)10-3-5-13(16)11(14)7-10;2*1-7-4-2-3-5-8(7)11-9(12)6-10;2*1-2-3/h2-7H,15-16H2,1H3;2*2-5H,6,10H2,1H3,(H,11,12);2*3H,2H2,1H3. The molecule has 0 aliphatic rings. The maximum atomic E-state index is 10.9. The lowest BCUT2D eigenvalue weighted by Crippen LogP contribution is -2.22. The van der Waals surface area contributed by atoms with Crippen LogP contribution in [0.4, 0.5) is 22.7 Å². The summed E-state index contributed by atoms with van der Waals surface area (Å²) in [5.41, 5.74) is 30.1. The van der Waals surface area contributed by atoms with Crippen molar-refractivity contribution in [3.63, 3.8) is 0 Å². The van der Waals surface area contributed by atoms with E-state index in [1.807, 2.05) is 106 Å². The van der Waals surface area contributed by atoms with Crippen LogP contribution in [-0.2, 0) is 9.59 Å². The molecule has 0 heterocycles. The Bertz CT molecular complexity index is 1370. The van der Waals surface area contributed by atoms with Crippen molar-refractivity contribution in [3.8, 4) is 11.1 Å². The largest absolute Gasteiger partial charge is 0.399 e. The van der Waals surface area contributed by atoms with Crippen LogP contribution in [0.15, 0.2) is 84.9 Å². The first kappa shape index (κ1) is 41.5. The fourth-order valence-corrected chi connectivity index (χ4v) is 3.57. The molecule has 0 saturated carbocycles. The van der Waals surface area contributed by atoms with E-state index in [4.69, 9.17) is 44.7 Å². The van der Waals surface area contributed by atoms with E-state index in [-0.39, 0.29) is 38.1 Å². The van der Waals surface area contributed by atoms with Gasteiger partial charge in [-0.05, 0) is 98.8 Å². The zero-order valence-electron chi connectivity index (χ0n) is 27.3. The van der Waals surface area contributed by atoms with Crippen molar-refractivity contribution < 1.29 is 19.8 Å². The second-order valence-electron chi connectivity index (χ2n) is 9.57. The van der Waals surface area contributed by atoms with Crippen molar-refractivity contribution in [3.05, 3.63) is 107 Å². The molecule has 12 N–H and O–H groups in total. The third-order valence-electron chi connectivity index (χ3n) is 5.81. The summed E-state index contributed by atoms with van der Waals surface area (Å²) in [7, 11) is 0. The predicted octanol–water partition coefficient (Wildman–Crippen LogP) is 5.26. The minimum Gasteiger partial charge on any atom is -0.399 e. The summed E-state index contributed by atoms with van der Waals surface area (Å²) >= 11 is 5.99. The van der Waals surface area contributed by atoms with Crippen LogP contribution < -0.4 is 33.6 Å². The number of nitrogen functional groups attached to an aromatic ring is 2. The van der Waals surface area contributed by atoms with Crippen LogP contribution in [0, 0.1) is 20.8 Å². The molecule has 11 heteroatoms. The maximum Gasteiger partial charge on any atom is 0.238 e. The van der Waals surface area contributed by atoms with E-state index in [1.54, 1.807) is 13.8 Å². The SMILES string of the molecule is CCO.CCO.Cc1cc(-c2ccc(N)c(Cl)c2)ccc1N.Cc1ccccc1NC(=O)CN.Cc1ccccc1NC(=O)CN. The Hall–Kier alpha value is -4.45. The Morgan fingerprint density at radius 3 is 1.35 bits per heavy atom. The fraction of sp³-hybridized carbons (Fsp3) is 0.257. The number of amides is 2. The minimum atomic E-state index is -0.163. The molecule has 10 nitrogen and oxygen atoms in total. The lowest BCUT2D eigenvalue weighted by Gasteiger charge is -2.07. The number of rotatable bonds is 5. The zero-order valence-corrected chi connectivity index (χ0v) is 28.1. The topological polar surface area (TPSA) is 203 Å². The van der Waals surface area contributed by atoms with Crippen molar-refractivity contribution in [2.75, 3.05) is 48.4 Å². The van der Waals surface area contributed by atoms with Crippen LogP contribution in [0.2, 0.25) is 5.02 Å². The first-order valence-electron chi connectivity index (χ1n) is 14.6. The summed E-state index contributed by atoms with van der Waals surface area (Å²) in [6, 6.07) is 26.7. The van der Waals surface area contributed by atoms with Gasteiger partial charge in [0.25, 0.3) is 0 Å². The summed E-state index contributed by atoms with van der Waals surface area (Å²) in [6.45, 7) is 9.76. The van der Waals surface area contributed by atoms with E-state index in [2.05, 4.69) is 10.6 Å². The number of para-hydroxylation sites is 2. The molecule has 0 unspecified atom stereocenters. The van der Waals surface area contributed by atoms with Crippen LogP contribution in [0.1, 0.15) is 30.5 Å². The molecule has 4 rings (SSSR count). The summed E-state index contributed by atoms with van der Waals surface area (Å²) in [6.07, 6.45) is 0. The zero-order chi connectivity index (χ0) is 35.1. The number of benzene rings is 4. The Labute approximate surface area is 277 Å². The highest BCUT2D eigenvalue weighted by Gasteiger charge is 2.03. The van der Waals surface area contributed by atoms with Gasteiger partial charge in [-0.25, -0.2) is 0 Å². The van der Waals surface area contributed by atoms with Crippen LogP contribution in [0.5, 0.6) is 0 Å². The quantitative estimate of drug-likeness (QED) is 0.133. The van der Waals surface area contributed by atoms with Crippen LogP contribution >= 0.6 is 11.6 Å². The summed E-state index contributed by atoms with van der Waals surface area (Å²) in [4.78, 5) is 21.8. The Morgan fingerprint density at radius 1 is 0.630 bits per heavy atom. The monoisotopic (exact) mass is 652 g/mol. The van der Waals surface area contributed by atoms with Crippen molar-refractivity contribution in [2.24, 2.45) is 11.5 Å². The first-order valence-corrected chi connectivity index (χ1v) is 15.0. The number of aliphatic hydroxyl groups is 2. The minimum absolute atomic E-state index is 0.0222. The highest BCUT2D eigenvalue weighted by atomic mass is 35.5. The van der Waals surface area contributed by atoms with Gasteiger partial charge in [0.1, 0.15) is 0 Å². The number of halogens is 1. The third-order valence-corrected chi connectivity index (χ3v) is 6.14. The number of nitrogens with one attached hydrogen (secondary N) is 2. The van der Waals surface area contributed by atoms with Gasteiger partial charge in [-0.1, -0.05) is 60.1 Å². The predicted molar refractivity (Wildman–Crippen MR) is 194 cm³/mol. The molecule has 2 amide bonds. The normalized spacial score (nSPS) is 9.35. The molecule has 0 fully saturated rings. The van der Waals surface area contributed by atoms with Gasteiger partial charge in [0.2, 0.25) is 11.8 Å². The van der Waals surface area contributed by atoms with Crippen molar-refractivity contribution in [1.82, 2.24) is 0 Å². The van der Waals surface area contributed by atoms with E-state index >= 15 is 0 Å². The Kier molecular flexibility index (Phi) is 21.6. The molecule has 4 aromatic carbocycles. The molecule has 0 bridgehead atoms. The van der Waals surface area contributed by atoms with Gasteiger partial charge in [0, 0.05) is 30.3 Å². The van der Waals surface area contributed by atoms with Gasteiger partial charge >= 0.3 is 0 Å². The highest BCUT2D eigenvalue weighted by molar-refractivity contribution is 6.33. The number of anilines is 4. The van der Waals surface area contributed by atoms with Crippen molar-refractivity contribution >= 4 is 46.2 Å². The molecule has 0 aliphatic carbocycles. The van der Waals surface area contributed by atoms with E-state index in [0.29, 0.717) is 10.7 Å². The van der Waals surface area contributed by atoms with Gasteiger partial charge in [-0.15, -0.1) is 0 Å². The second kappa shape index (κ2) is 23.9. The molecule has 0 radical (unpaired) electrons. The fourth-order valence-electron chi connectivity index (χ4n) is 3.39. The number of hydrogen-bond acceptors (Lipinski definition) is 8. The van der Waals surface area contributed by atoms with Gasteiger partial charge in [-0.3, -0.25) is 9.59 Å². The number of carbonyl (C=O) groups excluding carboxylic acids is 2. The highest BCUT2D eigenvalue weighted by Crippen LogP contribution is 2.28. The average Bonchev–Trinajstić information content (AvgIpc) is 3.03. The molecule has 0 aromatic heterocycles. The summed E-state index contributed by atoms with van der Waals surface area (Å²) < 4.78 is 0. The van der Waals surface area contributed by atoms with E-state index < -0.39 is 0 Å².